The van der Waals surface area contributed by atoms with Crippen LogP contribution in [-0.4, -0.2) is 11.6 Å². The average molecular weight is 353 g/mol. The molecule has 130 valence electrons. The van der Waals surface area contributed by atoms with Crippen LogP contribution in [0.25, 0.3) is 0 Å². The normalized spacial score (nSPS) is 15.5. The molecule has 0 unspecified atom stereocenters. The number of para-hydroxylation sites is 2. The number of rotatable bonds is 1. The molecule has 0 bridgehead atoms. The summed E-state index contributed by atoms with van der Waals surface area (Å²) in [5.74, 6) is 0.228. The minimum absolute atomic E-state index is 0.0903. The van der Waals surface area contributed by atoms with Crippen LogP contribution in [0.4, 0.5) is 5.69 Å². The predicted octanol–water partition coefficient (Wildman–Crippen LogP) is 4.38. The van der Waals surface area contributed by atoms with E-state index in [-0.39, 0.29) is 17.3 Å². The molecule has 0 spiro atoms. The van der Waals surface area contributed by atoms with Crippen molar-refractivity contribution in [1.82, 2.24) is 0 Å². The van der Waals surface area contributed by atoms with Gasteiger partial charge in [0.05, 0.1) is 6.54 Å². The number of benzene rings is 3. The van der Waals surface area contributed by atoms with Gasteiger partial charge in [-0.05, 0) is 18.2 Å². The van der Waals surface area contributed by atoms with Gasteiger partial charge >= 0.3 is 0 Å². The van der Waals surface area contributed by atoms with Crippen molar-refractivity contribution in [1.29, 1.82) is 0 Å². The number of allylic oxidation sites excluding steroid dienone is 2. The first kappa shape index (κ1) is 15.6. The second-order valence-corrected chi connectivity index (χ2v) is 6.51. The maximum Gasteiger partial charge on any atom is 0.231 e. The summed E-state index contributed by atoms with van der Waals surface area (Å²) >= 11 is 0. The first-order valence-corrected chi connectivity index (χ1v) is 8.75. The Bertz CT molecular complexity index is 1120. The lowest BCUT2D eigenvalue weighted by Crippen LogP contribution is -2.34. The maximum atomic E-state index is 13.4. The number of ether oxygens (including phenoxy) is 1. The van der Waals surface area contributed by atoms with Gasteiger partial charge in [0.2, 0.25) is 17.3 Å². The number of Topliss-reactive ketones (excluding diaryl/α,β-unsaturated/α-hetero) is 2. The van der Waals surface area contributed by atoms with Gasteiger partial charge in [0.1, 0.15) is 11.4 Å². The van der Waals surface area contributed by atoms with E-state index < -0.39 is 0 Å². The summed E-state index contributed by atoms with van der Waals surface area (Å²) < 4.78 is 6.02. The highest BCUT2D eigenvalue weighted by Gasteiger charge is 2.39. The summed E-state index contributed by atoms with van der Waals surface area (Å²) in [5.41, 5.74) is 2.85. The molecule has 4 heteroatoms. The Morgan fingerprint density at radius 3 is 2.11 bits per heavy atom. The van der Waals surface area contributed by atoms with Crippen molar-refractivity contribution in [2.45, 2.75) is 6.54 Å². The van der Waals surface area contributed by atoms with Gasteiger partial charge in [-0.2, -0.15) is 0 Å². The quantitative estimate of drug-likeness (QED) is 0.651. The summed E-state index contributed by atoms with van der Waals surface area (Å²) in [6, 6.07) is 24.1. The lowest BCUT2D eigenvalue weighted by atomic mass is 9.90. The molecule has 3 aromatic rings. The number of carbonyl (C=O) groups excluding carboxylic acids is 2. The van der Waals surface area contributed by atoms with Gasteiger partial charge in [0.25, 0.3) is 0 Å². The zero-order valence-corrected chi connectivity index (χ0v) is 14.4. The summed E-state index contributed by atoms with van der Waals surface area (Å²) in [6.45, 7) is 0.445. The molecule has 0 amide bonds. The SMILES string of the molecule is O=C1C2=C(C(=O)c3ccccc31)N(c1ccccc1)Cc1ccccc1O2. The van der Waals surface area contributed by atoms with Crippen molar-refractivity contribution >= 4 is 17.3 Å². The smallest absolute Gasteiger partial charge is 0.231 e. The van der Waals surface area contributed by atoms with Crippen LogP contribution in [0, 0.1) is 0 Å². The molecule has 5 rings (SSSR count). The van der Waals surface area contributed by atoms with E-state index in [1.54, 1.807) is 24.3 Å². The zero-order valence-electron chi connectivity index (χ0n) is 14.4. The second-order valence-electron chi connectivity index (χ2n) is 6.51. The predicted molar refractivity (Wildman–Crippen MR) is 102 cm³/mol. The third-order valence-electron chi connectivity index (χ3n) is 4.90. The average Bonchev–Trinajstić information content (AvgIpc) is 2.90. The molecular formula is C23H15NO3. The van der Waals surface area contributed by atoms with Crippen LogP contribution >= 0.6 is 0 Å². The van der Waals surface area contributed by atoms with Crippen molar-refractivity contribution in [3.8, 4) is 5.75 Å². The van der Waals surface area contributed by atoms with E-state index in [0.29, 0.717) is 29.1 Å². The molecular weight excluding hydrogens is 338 g/mol. The lowest BCUT2D eigenvalue weighted by Gasteiger charge is -2.28. The Morgan fingerprint density at radius 2 is 1.33 bits per heavy atom. The molecule has 0 saturated heterocycles. The van der Waals surface area contributed by atoms with E-state index in [1.165, 1.54) is 0 Å². The number of fused-ring (bicyclic) bond motifs is 2. The minimum Gasteiger partial charge on any atom is -0.450 e. The van der Waals surface area contributed by atoms with Crippen molar-refractivity contribution in [2.75, 3.05) is 4.90 Å². The minimum atomic E-state index is -0.266. The molecule has 3 aromatic carbocycles. The Morgan fingerprint density at radius 1 is 0.704 bits per heavy atom. The standard InChI is InChI=1S/C23H15NO3/c25-21-17-11-5-6-12-18(17)22(26)23-20(21)24(16-9-2-1-3-10-16)14-15-8-4-7-13-19(15)27-23/h1-13H,14H2. The third-order valence-corrected chi connectivity index (χ3v) is 4.90. The summed E-state index contributed by atoms with van der Waals surface area (Å²) in [5, 5.41) is 0. The number of carbonyl (C=O) groups is 2. The lowest BCUT2D eigenvalue weighted by molar-refractivity contribution is 0.0936. The number of anilines is 1. The van der Waals surface area contributed by atoms with Crippen LogP contribution in [0.1, 0.15) is 26.3 Å². The van der Waals surface area contributed by atoms with Gasteiger partial charge in [-0.1, -0.05) is 60.7 Å². The first-order chi connectivity index (χ1) is 13.2. The molecule has 0 fully saturated rings. The molecule has 0 radical (unpaired) electrons. The van der Waals surface area contributed by atoms with Crippen molar-refractivity contribution < 1.29 is 14.3 Å². The highest BCUT2D eigenvalue weighted by Crippen LogP contribution is 2.37. The fraction of sp³-hybridized carbons (Fsp3) is 0.0435. The maximum absolute atomic E-state index is 13.4. The number of nitrogens with zero attached hydrogens (tertiary/aromatic N) is 1. The van der Waals surface area contributed by atoms with Gasteiger partial charge in [-0.25, -0.2) is 0 Å². The van der Waals surface area contributed by atoms with Gasteiger partial charge in [0, 0.05) is 22.4 Å². The number of hydrogen-bond donors (Lipinski definition) is 0. The zero-order chi connectivity index (χ0) is 18.4. The summed E-state index contributed by atoms with van der Waals surface area (Å²) in [6.07, 6.45) is 0. The van der Waals surface area contributed by atoms with Gasteiger partial charge in [-0.15, -0.1) is 0 Å². The Hall–Kier alpha value is -3.66. The number of ketones is 2. The Kier molecular flexibility index (Phi) is 3.44. The molecule has 0 saturated carbocycles. The highest BCUT2D eigenvalue weighted by atomic mass is 16.5. The molecule has 0 atom stereocenters. The molecule has 27 heavy (non-hydrogen) atoms. The van der Waals surface area contributed by atoms with Crippen LogP contribution in [0.3, 0.4) is 0 Å². The number of hydrogen-bond acceptors (Lipinski definition) is 4. The van der Waals surface area contributed by atoms with Gasteiger partial charge in [-0.3, -0.25) is 9.59 Å². The van der Waals surface area contributed by atoms with Crippen LogP contribution < -0.4 is 9.64 Å². The van der Waals surface area contributed by atoms with E-state index in [1.807, 2.05) is 59.5 Å². The van der Waals surface area contributed by atoms with E-state index in [0.717, 1.165) is 11.3 Å². The molecule has 0 aromatic heterocycles. The Balaban J connectivity index is 1.77. The van der Waals surface area contributed by atoms with Crippen LogP contribution in [0.15, 0.2) is 90.3 Å². The van der Waals surface area contributed by atoms with E-state index in [9.17, 15) is 9.59 Å². The molecule has 0 N–H and O–H groups in total. The molecule has 4 nitrogen and oxygen atoms in total. The van der Waals surface area contributed by atoms with Gasteiger partial charge < -0.3 is 9.64 Å². The fourth-order valence-corrected chi connectivity index (χ4v) is 3.60. The monoisotopic (exact) mass is 353 g/mol. The fourth-order valence-electron chi connectivity index (χ4n) is 3.60. The van der Waals surface area contributed by atoms with Crippen LogP contribution in [0.5, 0.6) is 5.75 Å². The third kappa shape index (κ3) is 2.38. The van der Waals surface area contributed by atoms with E-state index >= 15 is 0 Å². The van der Waals surface area contributed by atoms with Crippen molar-refractivity contribution in [3.63, 3.8) is 0 Å². The topological polar surface area (TPSA) is 46.6 Å². The summed E-state index contributed by atoms with van der Waals surface area (Å²) in [7, 11) is 0. The van der Waals surface area contributed by atoms with E-state index in [4.69, 9.17) is 4.74 Å². The molecule has 1 aliphatic heterocycles. The molecule has 2 aliphatic rings. The largest absolute Gasteiger partial charge is 0.450 e. The molecule has 1 aliphatic carbocycles. The Labute approximate surface area is 156 Å². The summed E-state index contributed by atoms with van der Waals surface area (Å²) in [4.78, 5) is 28.4. The second kappa shape index (κ2) is 5.95. The molecule has 1 heterocycles. The highest BCUT2D eigenvalue weighted by molar-refractivity contribution is 6.27. The van der Waals surface area contributed by atoms with Crippen LogP contribution in [-0.2, 0) is 6.54 Å². The van der Waals surface area contributed by atoms with Gasteiger partial charge in [0.15, 0.2) is 0 Å². The van der Waals surface area contributed by atoms with Crippen molar-refractivity contribution in [3.05, 3.63) is 107 Å². The van der Waals surface area contributed by atoms with Crippen LogP contribution in [0.2, 0.25) is 0 Å². The van der Waals surface area contributed by atoms with Crippen molar-refractivity contribution in [2.24, 2.45) is 0 Å². The first-order valence-electron chi connectivity index (χ1n) is 8.75. The van der Waals surface area contributed by atoms with E-state index in [2.05, 4.69) is 0 Å².